The molecule has 0 heterocycles. The van der Waals surface area contributed by atoms with Crippen LogP contribution in [-0.2, 0) is 21.4 Å². The molecule has 0 saturated heterocycles. The van der Waals surface area contributed by atoms with Gasteiger partial charge in [-0.3, -0.25) is 0 Å². The van der Waals surface area contributed by atoms with Gasteiger partial charge in [0, 0.05) is 5.90 Å². The smallest absolute Gasteiger partial charge is 0.223 e. The predicted molar refractivity (Wildman–Crippen MR) is 107 cm³/mol. The van der Waals surface area contributed by atoms with E-state index in [0.29, 0.717) is 4.90 Å². The van der Waals surface area contributed by atoms with Gasteiger partial charge in [-0.05, 0) is 82.0 Å². The molecule has 0 unspecified atom stereocenters. The summed E-state index contributed by atoms with van der Waals surface area (Å²) in [7, 11) is -3.15. The lowest BCUT2D eigenvalue weighted by molar-refractivity contribution is 0.586. The number of sulfone groups is 1. The quantitative estimate of drug-likeness (QED) is 0.616. The molecule has 0 aliphatic heterocycles. The van der Waals surface area contributed by atoms with Crippen molar-refractivity contribution in [2.75, 3.05) is 0 Å². The first kappa shape index (κ1) is 25.6. The van der Waals surface area contributed by atoms with Gasteiger partial charge in [0.15, 0.2) is 9.84 Å². The number of hydrogen-bond donors (Lipinski definition) is 0. The second-order valence-electron chi connectivity index (χ2n) is 5.12. The number of rotatable bonds is 2. The molecule has 0 radical (unpaired) electrons. The summed E-state index contributed by atoms with van der Waals surface area (Å²) in [6.07, 6.45) is 0. The van der Waals surface area contributed by atoms with E-state index in [0.717, 1.165) is 15.6 Å². The van der Waals surface area contributed by atoms with Crippen LogP contribution in [0.15, 0.2) is 62.6 Å². The molecule has 1 aromatic rings. The molecule has 0 bridgehead atoms. The van der Waals surface area contributed by atoms with Crippen molar-refractivity contribution in [3.05, 3.63) is 63.3 Å². The zero-order valence-corrected chi connectivity index (χ0v) is 18.1. The standard InChI is InChI=1S/C10H13BrO2S.C8H8.O2S.H2/c1-7(2)14(12,13)10-5-4-9(11)6-8(10)3;1-4-5-6-7-8(2)3;1-3-2;/h4-7H,1-3H3;1H2,2-3H3;;1H. The minimum atomic E-state index is -3.15. The normalized spacial score (nSPS) is 8.92. The summed E-state index contributed by atoms with van der Waals surface area (Å²) in [5.41, 5.74) is 12.3. The van der Waals surface area contributed by atoms with Gasteiger partial charge in [0.2, 0.25) is 0 Å². The van der Waals surface area contributed by atoms with Crippen LogP contribution in [-0.4, -0.2) is 22.1 Å². The van der Waals surface area contributed by atoms with Gasteiger partial charge in [-0.15, -0.1) is 0 Å². The average molecular weight is 447 g/mol. The third-order valence-corrected chi connectivity index (χ3v) is 5.33. The van der Waals surface area contributed by atoms with Gasteiger partial charge in [-0.2, -0.15) is 8.42 Å². The molecule has 0 saturated carbocycles. The van der Waals surface area contributed by atoms with Crippen LogP contribution in [0.25, 0.3) is 0 Å². The van der Waals surface area contributed by atoms with Crippen LogP contribution < -0.4 is 0 Å². The fourth-order valence-corrected chi connectivity index (χ4v) is 3.14. The molecule has 7 heteroatoms. The highest BCUT2D eigenvalue weighted by Crippen LogP contribution is 2.23. The number of aryl methyl sites for hydroxylation is 1. The summed E-state index contributed by atoms with van der Waals surface area (Å²) in [6, 6.07) is 5.21. The zero-order valence-electron chi connectivity index (χ0n) is 14.8. The number of benzene rings is 1. The first-order valence-electron chi connectivity index (χ1n) is 7.04. The molecule has 0 aliphatic carbocycles. The van der Waals surface area contributed by atoms with Crippen molar-refractivity contribution in [2.24, 2.45) is 0 Å². The Morgan fingerprint density at radius 2 is 1.76 bits per heavy atom. The Morgan fingerprint density at radius 3 is 2.12 bits per heavy atom. The highest BCUT2D eigenvalue weighted by Gasteiger charge is 2.20. The van der Waals surface area contributed by atoms with Gasteiger partial charge < -0.3 is 0 Å². The van der Waals surface area contributed by atoms with E-state index in [1.54, 1.807) is 32.9 Å². The first-order chi connectivity index (χ1) is 11.5. The zero-order chi connectivity index (χ0) is 20.0. The lowest BCUT2D eigenvalue weighted by Gasteiger charge is -2.10. The number of halogens is 1. The van der Waals surface area contributed by atoms with Crippen molar-refractivity contribution in [1.82, 2.24) is 0 Å². The lowest BCUT2D eigenvalue weighted by Crippen LogP contribution is -2.15. The second-order valence-corrected chi connectivity index (χ2v) is 8.65. The Labute approximate surface area is 163 Å². The Balaban J connectivity index is -0.000000378. The third-order valence-electron chi connectivity index (χ3n) is 2.53. The van der Waals surface area contributed by atoms with Crippen LogP contribution in [0.5, 0.6) is 0 Å². The highest BCUT2D eigenvalue weighted by molar-refractivity contribution is 9.10. The fourth-order valence-electron chi connectivity index (χ4n) is 1.39. The summed E-state index contributed by atoms with van der Waals surface area (Å²) in [5.74, 6) is 0. The van der Waals surface area contributed by atoms with E-state index < -0.39 is 21.4 Å². The van der Waals surface area contributed by atoms with Crippen molar-refractivity contribution in [1.29, 1.82) is 0 Å². The predicted octanol–water partition coefficient (Wildman–Crippen LogP) is 4.72. The molecule has 1 aromatic carbocycles. The van der Waals surface area contributed by atoms with Crippen molar-refractivity contribution < 1.29 is 18.3 Å². The molecule has 0 fully saturated rings. The van der Waals surface area contributed by atoms with Crippen LogP contribution in [0.4, 0.5) is 0 Å². The van der Waals surface area contributed by atoms with Crippen LogP contribution >= 0.6 is 15.9 Å². The van der Waals surface area contributed by atoms with E-state index in [1.807, 2.05) is 19.9 Å². The lowest BCUT2D eigenvalue weighted by atomic mass is 10.2. The van der Waals surface area contributed by atoms with Gasteiger partial charge in [-0.1, -0.05) is 27.4 Å². The van der Waals surface area contributed by atoms with Crippen molar-refractivity contribution in [3.63, 3.8) is 0 Å². The summed E-state index contributed by atoms with van der Waals surface area (Å²) in [6.45, 7) is 12.4. The van der Waals surface area contributed by atoms with Crippen LogP contribution in [0, 0.1) is 6.92 Å². The summed E-state index contributed by atoms with van der Waals surface area (Å²) in [5, 5.41) is -0.373. The van der Waals surface area contributed by atoms with Gasteiger partial charge >= 0.3 is 11.6 Å². The SMILES string of the molecule is C=C=C=C=C=C(C)C.Cc1cc(Br)ccc1S(=O)(=O)C(C)C.O=S=O.[HH]. The van der Waals surface area contributed by atoms with Crippen LogP contribution in [0.2, 0.25) is 0 Å². The first-order valence-corrected chi connectivity index (χ1v) is 10.0. The Bertz CT molecular complexity index is 872. The maximum Gasteiger partial charge on any atom is 0.335 e. The van der Waals surface area contributed by atoms with Crippen molar-refractivity contribution in [2.45, 2.75) is 44.8 Å². The minimum Gasteiger partial charge on any atom is -0.223 e. The van der Waals surface area contributed by atoms with E-state index in [9.17, 15) is 8.42 Å². The van der Waals surface area contributed by atoms with Gasteiger partial charge in [0.05, 0.1) is 10.1 Å². The average Bonchev–Trinajstić information content (AvgIpc) is 2.48. The molecule has 1 rings (SSSR count). The van der Waals surface area contributed by atoms with E-state index in [1.165, 1.54) is 0 Å². The topological polar surface area (TPSA) is 68.3 Å². The molecule has 0 aliphatic rings. The summed E-state index contributed by atoms with van der Waals surface area (Å²) < 4.78 is 41.2. The highest BCUT2D eigenvalue weighted by atomic mass is 79.9. The molecule has 0 atom stereocenters. The molecule has 0 aromatic heterocycles. The minimum absolute atomic E-state index is 0. The summed E-state index contributed by atoms with van der Waals surface area (Å²) >= 11 is 2.56. The fraction of sp³-hybridized carbons (Fsp3) is 0.333. The molecular formula is C18H23BrO4S2. The monoisotopic (exact) mass is 446 g/mol. The van der Waals surface area contributed by atoms with Crippen LogP contribution in [0.3, 0.4) is 0 Å². The van der Waals surface area contributed by atoms with E-state index in [-0.39, 0.29) is 6.68 Å². The maximum atomic E-state index is 11.8. The molecular weight excluding hydrogens is 424 g/mol. The van der Waals surface area contributed by atoms with Gasteiger partial charge in [-0.25, -0.2) is 8.42 Å². The second kappa shape index (κ2) is 13.6. The van der Waals surface area contributed by atoms with E-state index >= 15 is 0 Å². The van der Waals surface area contributed by atoms with Gasteiger partial charge in [0.25, 0.3) is 0 Å². The molecule has 25 heavy (non-hydrogen) atoms. The van der Waals surface area contributed by atoms with Crippen molar-refractivity contribution >= 4 is 37.3 Å². The Kier molecular flexibility index (Phi) is 13.9. The third kappa shape index (κ3) is 11.5. The van der Waals surface area contributed by atoms with Crippen molar-refractivity contribution in [3.8, 4) is 0 Å². The summed E-state index contributed by atoms with van der Waals surface area (Å²) in [4.78, 5) is 0.427. The molecule has 0 spiro atoms. The largest absolute Gasteiger partial charge is 0.335 e. The number of hydrogen-bond acceptors (Lipinski definition) is 4. The van der Waals surface area contributed by atoms with Crippen LogP contribution in [0.1, 0.15) is 34.7 Å². The van der Waals surface area contributed by atoms with Gasteiger partial charge in [0.1, 0.15) is 0 Å². The molecule has 0 amide bonds. The maximum absolute atomic E-state index is 11.8. The number of allylic oxidation sites excluding steroid dienone is 1. The Hall–Kier alpha value is -1.67. The van der Waals surface area contributed by atoms with E-state index in [2.05, 4.69) is 45.4 Å². The molecule has 138 valence electrons. The molecule has 4 nitrogen and oxygen atoms in total. The molecule has 0 N–H and O–H groups in total. The van der Waals surface area contributed by atoms with E-state index in [4.69, 9.17) is 8.42 Å². The Morgan fingerprint density at radius 1 is 1.24 bits per heavy atom.